The van der Waals surface area contributed by atoms with Crippen molar-refractivity contribution in [2.24, 2.45) is 0 Å². The number of carbonyl (C=O) groups is 1. The van der Waals surface area contributed by atoms with Crippen LogP contribution >= 0.6 is 11.8 Å². The summed E-state index contributed by atoms with van der Waals surface area (Å²) in [5, 5.41) is 13.8. The van der Waals surface area contributed by atoms with Gasteiger partial charge in [-0.1, -0.05) is 19.8 Å². The lowest BCUT2D eigenvalue weighted by Gasteiger charge is -2.13. The molecule has 2 aromatic rings. The van der Waals surface area contributed by atoms with E-state index in [2.05, 4.69) is 17.2 Å². The molecule has 1 N–H and O–H groups in total. The number of carbonyl (C=O) groups excluding carboxylic acids is 1. The van der Waals surface area contributed by atoms with Crippen molar-refractivity contribution in [3.8, 4) is 0 Å². The molecule has 7 heteroatoms. The van der Waals surface area contributed by atoms with Gasteiger partial charge in [0.25, 0.3) is 11.6 Å². The summed E-state index contributed by atoms with van der Waals surface area (Å²) in [7, 11) is 0. The highest BCUT2D eigenvalue weighted by atomic mass is 32.2. The standard InChI is InChI=1S/C19H23N3O3S/c1-4-5-6-7-15-18(17(26-3)10-11-20-15)19(23)21-14-8-9-16(22(24)25)13(2)12-14/h8-12H,4-7H2,1-3H3,(H,21,23). The van der Waals surface area contributed by atoms with Gasteiger partial charge in [-0.25, -0.2) is 0 Å². The molecule has 0 aliphatic heterocycles. The van der Waals surface area contributed by atoms with Crippen LogP contribution in [0.3, 0.4) is 0 Å². The molecule has 1 aromatic carbocycles. The molecule has 1 amide bonds. The molecule has 0 aliphatic rings. The van der Waals surface area contributed by atoms with Crippen molar-refractivity contribution in [3.63, 3.8) is 0 Å². The third-order valence-corrected chi connectivity index (χ3v) is 4.89. The third-order valence-electron chi connectivity index (χ3n) is 4.11. The summed E-state index contributed by atoms with van der Waals surface area (Å²) in [6.45, 7) is 3.79. The van der Waals surface area contributed by atoms with Gasteiger partial charge in [0.05, 0.1) is 16.2 Å². The lowest BCUT2D eigenvalue weighted by atomic mass is 10.1. The molecule has 0 fully saturated rings. The summed E-state index contributed by atoms with van der Waals surface area (Å²) < 4.78 is 0. The zero-order valence-corrected chi connectivity index (χ0v) is 16.1. The topological polar surface area (TPSA) is 85.1 Å². The van der Waals surface area contributed by atoms with Crippen molar-refractivity contribution in [3.05, 3.63) is 57.4 Å². The number of nitro groups is 1. The van der Waals surface area contributed by atoms with Gasteiger partial charge in [0.15, 0.2) is 0 Å². The molecule has 2 rings (SSSR count). The maximum absolute atomic E-state index is 12.9. The van der Waals surface area contributed by atoms with E-state index in [1.54, 1.807) is 25.3 Å². The molecule has 0 aliphatic carbocycles. The van der Waals surface area contributed by atoms with Gasteiger partial charge in [0.2, 0.25) is 0 Å². The fourth-order valence-electron chi connectivity index (χ4n) is 2.76. The first-order valence-electron chi connectivity index (χ1n) is 8.56. The van der Waals surface area contributed by atoms with E-state index < -0.39 is 4.92 Å². The fraction of sp³-hybridized carbons (Fsp3) is 0.368. The first kappa shape index (κ1) is 19.9. The highest BCUT2D eigenvalue weighted by Crippen LogP contribution is 2.26. The van der Waals surface area contributed by atoms with Crippen LogP contribution < -0.4 is 5.32 Å². The molecule has 1 aromatic heterocycles. The maximum Gasteiger partial charge on any atom is 0.272 e. The normalized spacial score (nSPS) is 10.6. The Bertz CT molecular complexity index is 809. The van der Waals surface area contributed by atoms with E-state index in [1.807, 2.05) is 12.3 Å². The van der Waals surface area contributed by atoms with Gasteiger partial charge >= 0.3 is 0 Å². The Kier molecular flexibility index (Phi) is 7.15. The van der Waals surface area contributed by atoms with Gasteiger partial charge in [-0.15, -0.1) is 11.8 Å². The Morgan fingerprint density at radius 2 is 2.08 bits per heavy atom. The number of unbranched alkanes of at least 4 members (excludes halogenated alkanes) is 2. The van der Waals surface area contributed by atoms with E-state index in [4.69, 9.17) is 0 Å². The van der Waals surface area contributed by atoms with Gasteiger partial charge in [-0.2, -0.15) is 0 Å². The van der Waals surface area contributed by atoms with Crippen molar-refractivity contribution in [2.75, 3.05) is 11.6 Å². The van der Waals surface area contributed by atoms with E-state index in [0.717, 1.165) is 36.3 Å². The van der Waals surface area contributed by atoms with Gasteiger partial charge < -0.3 is 5.32 Å². The van der Waals surface area contributed by atoms with E-state index in [-0.39, 0.29) is 11.6 Å². The number of nitrogens with one attached hydrogen (secondary N) is 1. The van der Waals surface area contributed by atoms with Gasteiger partial charge in [-0.3, -0.25) is 19.9 Å². The smallest absolute Gasteiger partial charge is 0.272 e. The third kappa shape index (κ3) is 4.82. The SMILES string of the molecule is CCCCCc1nccc(SC)c1C(=O)Nc1ccc([N+](=O)[O-])c(C)c1. The van der Waals surface area contributed by atoms with Crippen LogP contribution in [0.4, 0.5) is 11.4 Å². The molecule has 1 heterocycles. The highest BCUT2D eigenvalue weighted by molar-refractivity contribution is 7.98. The minimum Gasteiger partial charge on any atom is -0.322 e. The number of hydrogen-bond acceptors (Lipinski definition) is 5. The lowest BCUT2D eigenvalue weighted by Crippen LogP contribution is -2.17. The molecule has 0 atom stereocenters. The second-order valence-corrected chi connectivity index (χ2v) is 6.85. The molecular weight excluding hydrogens is 350 g/mol. The van der Waals surface area contributed by atoms with E-state index >= 15 is 0 Å². The molecule has 0 saturated carbocycles. The van der Waals surface area contributed by atoms with Crippen LogP contribution in [-0.2, 0) is 6.42 Å². The van der Waals surface area contributed by atoms with Crippen LogP contribution in [0.2, 0.25) is 0 Å². The zero-order valence-electron chi connectivity index (χ0n) is 15.2. The van der Waals surface area contributed by atoms with E-state index in [0.29, 0.717) is 16.8 Å². The Balaban J connectivity index is 2.28. The number of hydrogen-bond donors (Lipinski definition) is 1. The molecule has 0 spiro atoms. The molecule has 0 bridgehead atoms. The van der Waals surface area contributed by atoms with Crippen molar-refractivity contribution < 1.29 is 9.72 Å². The number of benzene rings is 1. The predicted molar refractivity (Wildman–Crippen MR) is 105 cm³/mol. The van der Waals surface area contributed by atoms with Crippen molar-refractivity contribution >= 4 is 29.0 Å². The van der Waals surface area contributed by atoms with E-state index in [9.17, 15) is 14.9 Å². The average Bonchev–Trinajstić information content (AvgIpc) is 2.61. The van der Waals surface area contributed by atoms with Crippen LogP contribution in [0.5, 0.6) is 0 Å². The first-order valence-corrected chi connectivity index (χ1v) is 9.78. The number of thioether (sulfide) groups is 1. The summed E-state index contributed by atoms with van der Waals surface area (Å²) in [5.74, 6) is -0.234. The predicted octanol–water partition coefficient (Wildman–Crippen LogP) is 5.01. The second-order valence-electron chi connectivity index (χ2n) is 6.00. The average molecular weight is 373 g/mol. The lowest BCUT2D eigenvalue weighted by molar-refractivity contribution is -0.385. The summed E-state index contributed by atoms with van der Waals surface area (Å²) in [5.41, 5.74) is 2.46. The number of rotatable bonds is 8. The molecule has 0 saturated heterocycles. The summed E-state index contributed by atoms with van der Waals surface area (Å²) >= 11 is 1.51. The number of aromatic nitrogens is 1. The molecule has 26 heavy (non-hydrogen) atoms. The van der Waals surface area contributed by atoms with Gasteiger partial charge in [0.1, 0.15) is 0 Å². The Hall–Kier alpha value is -2.41. The number of nitro benzene ring substituents is 1. The second kappa shape index (κ2) is 9.33. The van der Waals surface area contributed by atoms with Crippen LogP contribution in [0.1, 0.15) is 47.8 Å². The summed E-state index contributed by atoms with van der Waals surface area (Å²) in [4.78, 5) is 28.7. The monoisotopic (exact) mass is 373 g/mol. The van der Waals surface area contributed by atoms with Crippen molar-refractivity contribution in [2.45, 2.75) is 44.4 Å². The van der Waals surface area contributed by atoms with Crippen LogP contribution in [-0.4, -0.2) is 22.1 Å². The largest absolute Gasteiger partial charge is 0.322 e. The number of amides is 1. The quantitative estimate of drug-likeness (QED) is 0.304. The number of aryl methyl sites for hydroxylation is 2. The van der Waals surface area contributed by atoms with Gasteiger partial charge in [0, 0.05) is 28.4 Å². The van der Waals surface area contributed by atoms with Crippen LogP contribution in [0.15, 0.2) is 35.4 Å². The van der Waals surface area contributed by atoms with Crippen LogP contribution in [0, 0.1) is 17.0 Å². The van der Waals surface area contributed by atoms with Crippen LogP contribution in [0.25, 0.3) is 0 Å². The summed E-state index contributed by atoms with van der Waals surface area (Å²) in [6.07, 6.45) is 7.60. The molecular formula is C19H23N3O3S. The van der Waals surface area contributed by atoms with Crippen molar-refractivity contribution in [1.29, 1.82) is 0 Å². The zero-order chi connectivity index (χ0) is 19.1. The first-order chi connectivity index (χ1) is 12.5. The number of pyridine rings is 1. The summed E-state index contributed by atoms with van der Waals surface area (Å²) in [6, 6.07) is 6.41. The minimum atomic E-state index is -0.431. The van der Waals surface area contributed by atoms with Gasteiger partial charge in [-0.05, 0) is 44.2 Å². The Morgan fingerprint density at radius 3 is 2.69 bits per heavy atom. The molecule has 0 unspecified atom stereocenters. The fourth-order valence-corrected chi connectivity index (χ4v) is 3.37. The molecule has 0 radical (unpaired) electrons. The highest BCUT2D eigenvalue weighted by Gasteiger charge is 2.18. The molecule has 138 valence electrons. The number of anilines is 1. The Morgan fingerprint density at radius 1 is 1.31 bits per heavy atom. The maximum atomic E-state index is 12.9. The van der Waals surface area contributed by atoms with Crippen molar-refractivity contribution in [1.82, 2.24) is 4.98 Å². The molecule has 6 nitrogen and oxygen atoms in total. The number of nitrogens with zero attached hydrogens (tertiary/aromatic N) is 2. The van der Waals surface area contributed by atoms with E-state index in [1.165, 1.54) is 17.8 Å². The minimum absolute atomic E-state index is 0.0365. The Labute approximate surface area is 157 Å².